The molecule has 1 aromatic carbocycles. The van der Waals surface area contributed by atoms with E-state index in [1.807, 2.05) is 17.5 Å². The van der Waals surface area contributed by atoms with Crippen molar-refractivity contribution < 1.29 is 19.1 Å². The van der Waals surface area contributed by atoms with Crippen LogP contribution < -0.4 is 10.6 Å². The lowest BCUT2D eigenvalue weighted by atomic mass is 10.2. The number of carbonyl (C=O) groups excluding carboxylic acids is 3. The van der Waals surface area contributed by atoms with Gasteiger partial charge in [0.2, 0.25) is 11.8 Å². The van der Waals surface area contributed by atoms with E-state index in [9.17, 15) is 14.4 Å². The molecule has 0 spiro atoms. The molecule has 0 saturated carbocycles. The molecule has 0 unspecified atom stereocenters. The number of nitrogens with zero attached hydrogens (tertiary/aromatic N) is 3. The van der Waals surface area contributed by atoms with Gasteiger partial charge in [-0.25, -0.2) is 14.5 Å². The number of amides is 2. The van der Waals surface area contributed by atoms with Gasteiger partial charge in [0.15, 0.2) is 10.8 Å². The molecule has 34 heavy (non-hydrogen) atoms. The van der Waals surface area contributed by atoms with Crippen LogP contribution in [0.25, 0.3) is 5.69 Å². The van der Waals surface area contributed by atoms with Gasteiger partial charge in [0.1, 0.15) is 0 Å². The first-order valence-electron chi connectivity index (χ1n) is 10.4. The van der Waals surface area contributed by atoms with Crippen LogP contribution in [0, 0.1) is 0 Å². The Morgan fingerprint density at radius 1 is 1.00 bits per heavy atom. The molecule has 0 radical (unpaired) electrons. The number of hydrogen-bond acceptors (Lipinski definition) is 8. The second-order valence-electron chi connectivity index (χ2n) is 7.09. The summed E-state index contributed by atoms with van der Waals surface area (Å²) in [6, 6.07) is 12.4. The van der Waals surface area contributed by atoms with Crippen molar-refractivity contribution in [1.82, 2.24) is 14.8 Å². The average Bonchev–Trinajstić information content (AvgIpc) is 3.57. The lowest BCUT2D eigenvalue weighted by molar-refractivity contribution is -0.116. The first-order valence-corrected chi connectivity index (χ1v) is 12.2. The van der Waals surface area contributed by atoms with Crippen molar-refractivity contribution in [3.05, 3.63) is 75.7 Å². The maximum atomic E-state index is 12.4. The molecule has 0 aliphatic rings. The number of thiophene rings is 1. The average molecular weight is 496 g/mol. The summed E-state index contributed by atoms with van der Waals surface area (Å²) in [5, 5.41) is 13.9. The number of esters is 1. The Bertz CT molecular complexity index is 1280. The van der Waals surface area contributed by atoms with Crippen LogP contribution in [0.3, 0.4) is 0 Å². The number of rotatable bonds is 9. The summed E-state index contributed by atoms with van der Waals surface area (Å²) >= 11 is 2.81. The van der Waals surface area contributed by atoms with Crippen LogP contribution in [0.5, 0.6) is 0 Å². The van der Waals surface area contributed by atoms with Gasteiger partial charge in [-0.2, -0.15) is 5.10 Å². The monoisotopic (exact) mass is 495 g/mol. The number of anilines is 2. The first-order chi connectivity index (χ1) is 16.5. The molecule has 3 heterocycles. The lowest BCUT2D eigenvalue weighted by Gasteiger charge is -2.06. The fourth-order valence-corrected chi connectivity index (χ4v) is 4.46. The number of nitrogens with one attached hydrogen (secondary N) is 2. The molecule has 4 rings (SSSR count). The van der Waals surface area contributed by atoms with E-state index >= 15 is 0 Å². The number of aromatic nitrogens is 3. The van der Waals surface area contributed by atoms with Crippen LogP contribution in [0.4, 0.5) is 10.8 Å². The minimum atomic E-state index is -0.475. The molecule has 2 N–H and O–H groups in total. The third kappa shape index (κ3) is 6.15. The van der Waals surface area contributed by atoms with Crippen molar-refractivity contribution in [3.8, 4) is 5.69 Å². The fourth-order valence-electron chi connectivity index (χ4n) is 3.03. The van der Waals surface area contributed by atoms with Crippen LogP contribution in [0.15, 0.2) is 59.4 Å². The van der Waals surface area contributed by atoms with Gasteiger partial charge in [0.25, 0.3) is 0 Å². The Morgan fingerprint density at radius 3 is 2.53 bits per heavy atom. The van der Waals surface area contributed by atoms with E-state index in [0.717, 1.165) is 10.6 Å². The van der Waals surface area contributed by atoms with Gasteiger partial charge >= 0.3 is 5.97 Å². The molecule has 0 atom stereocenters. The van der Waals surface area contributed by atoms with E-state index in [-0.39, 0.29) is 30.5 Å². The maximum Gasteiger partial charge on any atom is 0.358 e. The Morgan fingerprint density at radius 2 is 1.79 bits per heavy atom. The largest absolute Gasteiger partial charge is 0.461 e. The van der Waals surface area contributed by atoms with E-state index < -0.39 is 5.97 Å². The smallest absolute Gasteiger partial charge is 0.358 e. The Hall–Kier alpha value is -3.83. The van der Waals surface area contributed by atoms with Gasteiger partial charge in [0.05, 0.1) is 30.8 Å². The predicted molar refractivity (Wildman–Crippen MR) is 131 cm³/mol. The minimum absolute atomic E-state index is 0.0844. The molecule has 0 bridgehead atoms. The highest BCUT2D eigenvalue weighted by Gasteiger charge is 2.13. The summed E-state index contributed by atoms with van der Waals surface area (Å²) in [6.45, 7) is 2.02. The molecule has 2 amide bonds. The molecular formula is C23H21N5O4S2. The molecule has 174 valence electrons. The molecule has 0 aliphatic carbocycles. The third-order valence-electron chi connectivity index (χ3n) is 4.54. The molecule has 0 aliphatic heterocycles. The SMILES string of the molecule is CCOC(=O)c1ccn(-c2ccc(NC(=O)Cc3csc(NC(=O)Cc4cccs4)n3)cc2)n1. The van der Waals surface area contributed by atoms with E-state index in [1.54, 1.807) is 53.5 Å². The Labute approximate surface area is 203 Å². The van der Waals surface area contributed by atoms with Gasteiger partial charge in [0, 0.05) is 22.1 Å². The van der Waals surface area contributed by atoms with Crippen molar-refractivity contribution in [3.63, 3.8) is 0 Å². The van der Waals surface area contributed by atoms with Crippen LogP contribution in [0.2, 0.25) is 0 Å². The minimum Gasteiger partial charge on any atom is -0.461 e. The maximum absolute atomic E-state index is 12.4. The normalized spacial score (nSPS) is 10.6. The number of benzene rings is 1. The van der Waals surface area contributed by atoms with Gasteiger partial charge in [-0.15, -0.1) is 22.7 Å². The molecule has 9 nitrogen and oxygen atoms in total. The highest BCUT2D eigenvalue weighted by molar-refractivity contribution is 7.14. The summed E-state index contributed by atoms with van der Waals surface area (Å²) in [4.78, 5) is 41.6. The second kappa shape index (κ2) is 10.9. The molecule has 11 heteroatoms. The quantitative estimate of drug-likeness (QED) is 0.340. The zero-order chi connectivity index (χ0) is 23.9. The van der Waals surface area contributed by atoms with Crippen molar-refractivity contribution in [1.29, 1.82) is 0 Å². The van der Waals surface area contributed by atoms with Crippen LogP contribution in [0.1, 0.15) is 28.0 Å². The summed E-state index contributed by atoms with van der Waals surface area (Å²) < 4.78 is 6.50. The standard InChI is InChI=1S/C23H21N5O4S2/c1-2-32-22(31)19-9-10-28(27-19)17-7-5-15(6-8-17)24-20(29)12-16-14-34-23(25-16)26-21(30)13-18-4-3-11-33-18/h3-11,14H,2,12-13H2,1H3,(H,24,29)(H,25,26,30). The van der Waals surface area contributed by atoms with E-state index in [4.69, 9.17) is 4.74 Å². The van der Waals surface area contributed by atoms with E-state index in [1.165, 1.54) is 22.7 Å². The Kier molecular flexibility index (Phi) is 7.45. The van der Waals surface area contributed by atoms with Gasteiger partial charge in [-0.05, 0) is 48.7 Å². The highest BCUT2D eigenvalue weighted by atomic mass is 32.1. The Balaban J connectivity index is 1.29. The molecular weight excluding hydrogens is 474 g/mol. The summed E-state index contributed by atoms with van der Waals surface area (Å²) in [5.74, 6) is -0.838. The molecule has 0 saturated heterocycles. The number of thiazole rings is 1. The lowest BCUT2D eigenvalue weighted by Crippen LogP contribution is -2.15. The number of ether oxygens (including phenoxy) is 1. The number of hydrogen-bond donors (Lipinski definition) is 2. The summed E-state index contributed by atoms with van der Waals surface area (Å²) in [7, 11) is 0. The zero-order valence-electron chi connectivity index (χ0n) is 18.2. The van der Waals surface area contributed by atoms with Gasteiger partial charge in [-0.3, -0.25) is 9.59 Å². The van der Waals surface area contributed by atoms with Crippen molar-refractivity contribution in [2.24, 2.45) is 0 Å². The van der Waals surface area contributed by atoms with Crippen molar-refractivity contribution >= 4 is 51.3 Å². The van der Waals surface area contributed by atoms with Crippen molar-refractivity contribution in [2.75, 3.05) is 17.2 Å². The fraction of sp³-hybridized carbons (Fsp3) is 0.174. The topological polar surface area (TPSA) is 115 Å². The zero-order valence-corrected chi connectivity index (χ0v) is 19.8. The van der Waals surface area contributed by atoms with Crippen LogP contribution in [-0.2, 0) is 27.2 Å². The predicted octanol–water partition coefficient (Wildman–Crippen LogP) is 3.93. The summed E-state index contributed by atoms with van der Waals surface area (Å²) in [6.07, 6.45) is 2.05. The van der Waals surface area contributed by atoms with Crippen molar-refractivity contribution in [2.45, 2.75) is 19.8 Å². The highest BCUT2D eigenvalue weighted by Crippen LogP contribution is 2.18. The molecule has 3 aromatic heterocycles. The van der Waals surface area contributed by atoms with Crippen LogP contribution >= 0.6 is 22.7 Å². The van der Waals surface area contributed by atoms with Gasteiger partial charge in [-0.1, -0.05) is 6.07 Å². The number of carbonyl (C=O) groups is 3. The molecule has 0 fully saturated rings. The van der Waals surface area contributed by atoms with Crippen LogP contribution in [-0.4, -0.2) is 39.2 Å². The summed E-state index contributed by atoms with van der Waals surface area (Å²) in [5.41, 5.74) is 2.15. The first kappa shape index (κ1) is 23.3. The van der Waals surface area contributed by atoms with E-state index in [2.05, 4.69) is 20.7 Å². The van der Waals surface area contributed by atoms with E-state index in [0.29, 0.717) is 22.9 Å². The third-order valence-corrected chi connectivity index (χ3v) is 6.23. The molecule has 4 aromatic rings. The second-order valence-corrected chi connectivity index (χ2v) is 8.98. The van der Waals surface area contributed by atoms with Gasteiger partial charge < -0.3 is 15.4 Å².